The number of nitrogens with zero attached hydrogens (tertiary/aromatic N) is 2. The maximum absolute atomic E-state index is 15.8. The van der Waals surface area contributed by atoms with E-state index in [0.29, 0.717) is 13.1 Å². The van der Waals surface area contributed by atoms with E-state index in [1.165, 1.54) is 18.2 Å². The molecule has 3 aromatic rings. The highest BCUT2D eigenvalue weighted by atomic mass is 19.1. The average Bonchev–Trinajstić information content (AvgIpc) is 2.67. The van der Waals surface area contributed by atoms with Crippen LogP contribution in [-0.4, -0.2) is 40.8 Å². The summed E-state index contributed by atoms with van der Waals surface area (Å²) in [4.78, 5) is 25.8. The van der Waals surface area contributed by atoms with Crippen LogP contribution in [0.3, 0.4) is 0 Å². The first-order chi connectivity index (χ1) is 14.7. The molecule has 0 amide bonds. The zero-order valence-electron chi connectivity index (χ0n) is 16.8. The van der Waals surface area contributed by atoms with Gasteiger partial charge in [0.1, 0.15) is 22.9 Å². The summed E-state index contributed by atoms with van der Waals surface area (Å²) < 4.78 is 45.8. The van der Waals surface area contributed by atoms with Gasteiger partial charge in [0.2, 0.25) is 5.43 Å². The number of hydrogen-bond donors (Lipinski definition) is 2. The fraction of sp³-hybridized carbons (Fsp3) is 0.273. The molecule has 0 bridgehead atoms. The predicted octanol–water partition coefficient (Wildman–Crippen LogP) is 3.29. The molecule has 0 spiro atoms. The van der Waals surface area contributed by atoms with Crippen LogP contribution >= 0.6 is 0 Å². The number of aromatic nitrogens is 1. The van der Waals surface area contributed by atoms with E-state index in [1.54, 1.807) is 4.90 Å². The van der Waals surface area contributed by atoms with Crippen LogP contribution in [0.15, 0.2) is 41.3 Å². The fourth-order valence-electron chi connectivity index (χ4n) is 4.19. The maximum Gasteiger partial charge on any atom is 0.341 e. The normalized spacial score (nSPS) is 19.1. The van der Waals surface area contributed by atoms with Crippen LogP contribution in [0.25, 0.3) is 16.6 Å². The first-order valence-electron chi connectivity index (χ1n) is 9.75. The van der Waals surface area contributed by atoms with Crippen molar-refractivity contribution in [2.24, 2.45) is 0 Å². The van der Waals surface area contributed by atoms with Crippen molar-refractivity contribution in [2.45, 2.75) is 25.9 Å². The van der Waals surface area contributed by atoms with Gasteiger partial charge in [-0.05, 0) is 38.1 Å². The molecule has 0 saturated carbocycles. The van der Waals surface area contributed by atoms with E-state index in [-0.39, 0.29) is 29.0 Å². The first-order valence-corrected chi connectivity index (χ1v) is 9.75. The number of rotatable bonds is 3. The van der Waals surface area contributed by atoms with Crippen molar-refractivity contribution in [2.75, 3.05) is 18.0 Å². The number of aromatic carboxylic acids is 1. The van der Waals surface area contributed by atoms with Gasteiger partial charge in [0.25, 0.3) is 0 Å². The molecular formula is C22H20F3N3O3. The highest BCUT2D eigenvalue weighted by molar-refractivity contribution is 5.94. The molecule has 4 rings (SSSR count). The van der Waals surface area contributed by atoms with Crippen LogP contribution in [0.1, 0.15) is 24.2 Å². The molecule has 1 aliphatic heterocycles. The van der Waals surface area contributed by atoms with Crippen molar-refractivity contribution in [3.63, 3.8) is 0 Å². The highest BCUT2D eigenvalue weighted by Crippen LogP contribution is 2.32. The molecule has 1 saturated heterocycles. The molecule has 1 fully saturated rings. The molecule has 0 radical (unpaired) electrons. The van der Waals surface area contributed by atoms with Gasteiger partial charge in [-0.2, -0.15) is 0 Å². The van der Waals surface area contributed by atoms with Crippen molar-refractivity contribution in [3.8, 4) is 5.69 Å². The number of carboxylic acid groups (broad SMARTS) is 1. The summed E-state index contributed by atoms with van der Waals surface area (Å²) in [7, 11) is 0. The van der Waals surface area contributed by atoms with E-state index in [0.717, 1.165) is 22.9 Å². The Morgan fingerprint density at radius 3 is 2.42 bits per heavy atom. The van der Waals surface area contributed by atoms with Gasteiger partial charge in [0, 0.05) is 37.1 Å². The average molecular weight is 431 g/mol. The van der Waals surface area contributed by atoms with Crippen LogP contribution in [0.4, 0.5) is 18.9 Å². The van der Waals surface area contributed by atoms with E-state index < -0.39 is 39.8 Å². The van der Waals surface area contributed by atoms with Gasteiger partial charge >= 0.3 is 5.97 Å². The number of halogens is 3. The summed E-state index contributed by atoms with van der Waals surface area (Å²) in [5, 5.41) is 12.3. The number of anilines is 1. The van der Waals surface area contributed by atoms with Gasteiger partial charge in [-0.15, -0.1) is 0 Å². The molecule has 1 aromatic heterocycles. The number of carboxylic acids is 1. The summed E-state index contributed by atoms with van der Waals surface area (Å²) in [5.41, 5.74) is -2.20. The Labute approximate surface area is 175 Å². The number of carbonyl (C=O) groups is 1. The van der Waals surface area contributed by atoms with E-state index in [2.05, 4.69) is 5.32 Å². The minimum atomic E-state index is -1.55. The van der Waals surface area contributed by atoms with E-state index in [1.807, 2.05) is 13.8 Å². The monoisotopic (exact) mass is 431 g/mol. The Morgan fingerprint density at radius 2 is 1.81 bits per heavy atom. The zero-order chi connectivity index (χ0) is 22.4. The second-order valence-electron chi connectivity index (χ2n) is 7.82. The Morgan fingerprint density at radius 1 is 1.13 bits per heavy atom. The van der Waals surface area contributed by atoms with Crippen molar-refractivity contribution < 1.29 is 23.1 Å². The van der Waals surface area contributed by atoms with Crippen molar-refractivity contribution in [3.05, 3.63) is 69.8 Å². The number of piperazine rings is 1. The van der Waals surface area contributed by atoms with Gasteiger partial charge in [-0.3, -0.25) is 4.79 Å². The molecule has 0 aliphatic carbocycles. The van der Waals surface area contributed by atoms with Crippen molar-refractivity contribution >= 4 is 22.6 Å². The largest absolute Gasteiger partial charge is 0.477 e. The number of nitrogens with one attached hydrogen (secondary N) is 1. The maximum atomic E-state index is 15.8. The van der Waals surface area contributed by atoms with Crippen LogP contribution < -0.4 is 15.6 Å². The second-order valence-corrected chi connectivity index (χ2v) is 7.82. The van der Waals surface area contributed by atoms with E-state index >= 15 is 8.78 Å². The summed E-state index contributed by atoms with van der Waals surface area (Å²) in [6.07, 6.45) is 0.940. The van der Waals surface area contributed by atoms with Gasteiger partial charge in [-0.25, -0.2) is 18.0 Å². The molecule has 2 aromatic carbocycles. The van der Waals surface area contributed by atoms with E-state index in [4.69, 9.17) is 0 Å². The lowest BCUT2D eigenvalue weighted by molar-refractivity contribution is 0.0695. The van der Waals surface area contributed by atoms with Gasteiger partial charge < -0.3 is 19.9 Å². The van der Waals surface area contributed by atoms with Gasteiger partial charge in [-0.1, -0.05) is 6.07 Å². The lowest BCUT2D eigenvalue weighted by Crippen LogP contribution is -2.54. The number of fused-ring (bicyclic) bond motifs is 1. The number of hydrogen-bond acceptors (Lipinski definition) is 4. The second kappa shape index (κ2) is 7.73. The number of benzene rings is 2. The van der Waals surface area contributed by atoms with Crippen LogP contribution in [-0.2, 0) is 0 Å². The lowest BCUT2D eigenvalue weighted by atomic mass is 10.1. The first kappa shape index (κ1) is 20.9. The Bertz CT molecular complexity index is 1250. The summed E-state index contributed by atoms with van der Waals surface area (Å²) in [6.45, 7) is 4.45. The smallest absolute Gasteiger partial charge is 0.341 e. The number of pyridine rings is 1. The summed E-state index contributed by atoms with van der Waals surface area (Å²) in [6, 6.07) is 5.86. The molecular weight excluding hydrogens is 411 g/mol. The van der Waals surface area contributed by atoms with Crippen LogP contribution in [0, 0.1) is 17.5 Å². The molecule has 31 heavy (non-hydrogen) atoms. The van der Waals surface area contributed by atoms with Crippen molar-refractivity contribution in [1.82, 2.24) is 9.88 Å². The van der Waals surface area contributed by atoms with E-state index in [9.17, 15) is 19.1 Å². The Hall–Kier alpha value is -3.33. The standard InChI is InChI=1S/C22H20F3N3O3/c1-11-8-27(9-12(2)26-11)20-17(24)7-15-19(18(20)25)28(10-16(21(15)29)22(30)31)14-5-3-4-13(23)6-14/h3-7,10-12,26H,8-9H2,1-2H3,(H,30,31). The lowest BCUT2D eigenvalue weighted by Gasteiger charge is -2.38. The Balaban J connectivity index is 2.07. The zero-order valence-corrected chi connectivity index (χ0v) is 16.8. The molecule has 1 aliphatic rings. The third-order valence-corrected chi connectivity index (χ3v) is 5.35. The molecule has 2 atom stereocenters. The summed E-state index contributed by atoms with van der Waals surface area (Å²) >= 11 is 0. The molecule has 162 valence electrons. The Kier molecular flexibility index (Phi) is 5.22. The molecule has 6 nitrogen and oxygen atoms in total. The summed E-state index contributed by atoms with van der Waals surface area (Å²) in [5.74, 6) is -4.15. The minimum Gasteiger partial charge on any atom is -0.477 e. The highest BCUT2D eigenvalue weighted by Gasteiger charge is 2.29. The quantitative estimate of drug-likeness (QED) is 0.666. The van der Waals surface area contributed by atoms with Crippen molar-refractivity contribution in [1.29, 1.82) is 0 Å². The fourth-order valence-corrected chi connectivity index (χ4v) is 4.19. The van der Waals surface area contributed by atoms with Crippen LogP contribution in [0.2, 0.25) is 0 Å². The molecule has 2 N–H and O–H groups in total. The molecule has 9 heteroatoms. The third kappa shape index (κ3) is 3.65. The van der Waals surface area contributed by atoms with Gasteiger partial charge in [0.05, 0.1) is 10.9 Å². The molecule has 2 heterocycles. The van der Waals surface area contributed by atoms with Crippen LogP contribution in [0.5, 0.6) is 0 Å². The molecule has 2 unspecified atom stereocenters. The topological polar surface area (TPSA) is 74.6 Å². The predicted molar refractivity (Wildman–Crippen MR) is 111 cm³/mol. The van der Waals surface area contributed by atoms with Gasteiger partial charge in [0.15, 0.2) is 5.82 Å². The SMILES string of the molecule is CC1CN(c2c(F)cc3c(=O)c(C(=O)O)cn(-c4cccc(F)c4)c3c2F)CC(C)N1. The third-order valence-electron chi connectivity index (χ3n) is 5.35. The minimum absolute atomic E-state index is 0.0296.